The Bertz CT molecular complexity index is 638. The van der Waals surface area contributed by atoms with Gasteiger partial charge in [0, 0.05) is 25.4 Å². The number of amides is 1. The number of likely N-dealkylation sites (tertiary alicyclic amines) is 1. The zero-order chi connectivity index (χ0) is 17.5. The molecule has 1 aromatic carbocycles. The third-order valence-electron chi connectivity index (χ3n) is 5.03. The van der Waals surface area contributed by atoms with Gasteiger partial charge in [-0.2, -0.15) is 0 Å². The number of rotatable bonds is 6. The number of nitrogens with zero attached hydrogens (tertiary/aromatic N) is 1. The number of hydrogen-bond donors (Lipinski definition) is 1. The molecule has 0 radical (unpaired) electrons. The first kappa shape index (κ1) is 17.7. The Morgan fingerprint density at radius 1 is 1.16 bits per heavy atom. The van der Waals surface area contributed by atoms with Crippen molar-refractivity contribution < 1.29 is 14.3 Å². The van der Waals surface area contributed by atoms with E-state index in [0.717, 1.165) is 38.6 Å². The predicted octanol–water partition coefficient (Wildman–Crippen LogP) is 4.11. The van der Waals surface area contributed by atoms with Crippen LogP contribution in [0.4, 0.5) is 0 Å². The van der Waals surface area contributed by atoms with Crippen molar-refractivity contribution in [2.45, 2.75) is 57.1 Å². The van der Waals surface area contributed by atoms with E-state index in [1.54, 1.807) is 18.4 Å². The second-order valence-corrected chi connectivity index (χ2v) is 6.84. The average molecular weight is 341 g/mol. The van der Waals surface area contributed by atoms with E-state index >= 15 is 0 Å². The molecule has 1 aliphatic rings. The monoisotopic (exact) mass is 341 g/mol. The summed E-state index contributed by atoms with van der Waals surface area (Å²) in [6.07, 6.45) is 7.02. The topological polar surface area (TPSA) is 53.7 Å². The van der Waals surface area contributed by atoms with Crippen molar-refractivity contribution >= 4 is 5.91 Å². The highest BCUT2D eigenvalue weighted by Gasteiger charge is 2.28. The van der Waals surface area contributed by atoms with Crippen molar-refractivity contribution in [2.75, 3.05) is 6.54 Å². The SMILES string of the molecule is O=C(CCc1ccccc1)N1CCCCCC1CC(O)c1ccco1. The van der Waals surface area contributed by atoms with Gasteiger partial charge in [0.15, 0.2) is 0 Å². The van der Waals surface area contributed by atoms with Crippen LogP contribution in [0, 0.1) is 0 Å². The molecule has 3 rings (SSSR count). The van der Waals surface area contributed by atoms with Gasteiger partial charge in [-0.3, -0.25) is 4.79 Å². The van der Waals surface area contributed by atoms with Gasteiger partial charge in [-0.25, -0.2) is 0 Å². The molecule has 1 N–H and O–H groups in total. The summed E-state index contributed by atoms with van der Waals surface area (Å²) in [5.41, 5.74) is 1.19. The summed E-state index contributed by atoms with van der Waals surface area (Å²) in [7, 11) is 0. The van der Waals surface area contributed by atoms with Gasteiger partial charge in [0.2, 0.25) is 5.91 Å². The lowest BCUT2D eigenvalue weighted by Gasteiger charge is -2.31. The molecular formula is C21H27NO3. The largest absolute Gasteiger partial charge is 0.467 e. The second kappa shape index (κ2) is 8.86. The number of carbonyl (C=O) groups excluding carboxylic acids is 1. The molecule has 1 fully saturated rings. The average Bonchev–Trinajstić information content (AvgIpc) is 3.08. The van der Waals surface area contributed by atoms with Crippen LogP contribution >= 0.6 is 0 Å². The minimum atomic E-state index is -0.650. The highest BCUT2D eigenvalue weighted by Crippen LogP contribution is 2.27. The summed E-state index contributed by atoms with van der Waals surface area (Å²) >= 11 is 0. The number of hydrogen-bond acceptors (Lipinski definition) is 3. The fraction of sp³-hybridized carbons (Fsp3) is 0.476. The minimum Gasteiger partial charge on any atom is -0.467 e. The number of aliphatic hydroxyl groups is 1. The Morgan fingerprint density at radius 3 is 2.76 bits per heavy atom. The summed E-state index contributed by atoms with van der Waals surface area (Å²) < 4.78 is 5.32. The van der Waals surface area contributed by atoms with Crippen LogP contribution in [0.2, 0.25) is 0 Å². The molecule has 2 heterocycles. The Labute approximate surface area is 149 Å². The third-order valence-corrected chi connectivity index (χ3v) is 5.03. The Balaban J connectivity index is 1.62. The highest BCUT2D eigenvalue weighted by molar-refractivity contribution is 5.76. The Hall–Kier alpha value is -2.07. The first-order valence-corrected chi connectivity index (χ1v) is 9.29. The lowest BCUT2D eigenvalue weighted by atomic mass is 10.0. The van der Waals surface area contributed by atoms with Gasteiger partial charge in [-0.05, 0) is 37.0 Å². The molecule has 2 unspecified atom stereocenters. The van der Waals surface area contributed by atoms with Gasteiger partial charge in [0.25, 0.3) is 0 Å². The number of carbonyl (C=O) groups is 1. The molecule has 134 valence electrons. The van der Waals surface area contributed by atoms with Crippen LogP contribution < -0.4 is 0 Å². The third kappa shape index (κ3) is 4.95. The minimum absolute atomic E-state index is 0.0888. The number of aryl methyl sites for hydroxylation is 1. The van der Waals surface area contributed by atoms with Crippen LogP contribution in [0.15, 0.2) is 53.1 Å². The number of aliphatic hydroxyl groups excluding tert-OH is 1. The van der Waals surface area contributed by atoms with E-state index in [-0.39, 0.29) is 11.9 Å². The molecule has 2 atom stereocenters. The fourth-order valence-corrected chi connectivity index (χ4v) is 3.65. The van der Waals surface area contributed by atoms with Crippen molar-refractivity contribution in [1.82, 2.24) is 4.90 Å². The summed E-state index contributed by atoms with van der Waals surface area (Å²) in [6, 6.07) is 13.8. The molecule has 4 nitrogen and oxygen atoms in total. The van der Waals surface area contributed by atoms with E-state index < -0.39 is 6.10 Å². The van der Waals surface area contributed by atoms with Crippen molar-refractivity contribution in [3.05, 3.63) is 60.1 Å². The molecule has 1 aromatic heterocycles. The van der Waals surface area contributed by atoms with Crippen LogP contribution in [0.1, 0.15) is 56.0 Å². The molecule has 4 heteroatoms. The Kier molecular flexibility index (Phi) is 6.29. The predicted molar refractivity (Wildman–Crippen MR) is 97.0 cm³/mol. The van der Waals surface area contributed by atoms with E-state index in [2.05, 4.69) is 12.1 Å². The zero-order valence-electron chi connectivity index (χ0n) is 14.6. The van der Waals surface area contributed by atoms with E-state index in [1.807, 2.05) is 23.1 Å². The molecule has 1 aliphatic heterocycles. The lowest BCUT2D eigenvalue weighted by molar-refractivity contribution is -0.134. The van der Waals surface area contributed by atoms with Gasteiger partial charge in [0.1, 0.15) is 11.9 Å². The summed E-state index contributed by atoms with van der Waals surface area (Å²) in [6.45, 7) is 0.795. The van der Waals surface area contributed by atoms with Crippen LogP contribution in [0.25, 0.3) is 0 Å². The first-order valence-electron chi connectivity index (χ1n) is 9.29. The molecule has 0 spiro atoms. The molecule has 2 aromatic rings. The van der Waals surface area contributed by atoms with Gasteiger partial charge in [0.05, 0.1) is 6.26 Å². The normalized spacial score (nSPS) is 19.4. The molecule has 25 heavy (non-hydrogen) atoms. The van der Waals surface area contributed by atoms with Crippen molar-refractivity contribution in [3.8, 4) is 0 Å². The van der Waals surface area contributed by atoms with Crippen molar-refractivity contribution in [1.29, 1.82) is 0 Å². The molecule has 0 saturated carbocycles. The highest BCUT2D eigenvalue weighted by atomic mass is 16.4. The van der Waals surface area contributed by atoms with Crippen molar-refractivity contribution in [3.63, 3.8) is 0 Å². The molecule has 0 bridgehead atoms. The maximum absolute atomic E-state index is 12.8. The van der Waals surface area contributed by atoms with E-state index in [1.165, 1.54) is 5.56 Å². The fourth-order valence-electron chi connectivity index (χ4n) is 3.65. The van der Waals surface area contributed by atoms with Gasteiger partial charge >= 0.3 is 0 Å². The van der Waals surface area contributed by atoms with Crippen LogP contribution in [-0.4, -0.2) is 28.5 Å². The van der Waals surface area contributed by atoms with Crippen LogP contribution in [0.5, 0.6) is 0 Å². The maximum atomic E-state index is 12.8. The quantitative estimate of drug-likeness (QED) is 0.860. The van der Waals surface area contributed by atoms with Crippen LogP contribution in [0.3, 0.4) is 0 Å². The number of benzene rings is 1. The first-order chi connectivity index (χ1) is 12.2. The smallest absolute Gasteiger partial charge is 0.223 e. The summed E-state index contributed by atoms with van der Waals surface area (Å²) in [5.74, 6) is 0.781. The molecular weight excluding hydrogens is 314 g/mol. The summed E-state index contributed by atoms with van der Waals surface area (Å²) in [4.78, 5) is 14.8. The number of furan rings is 1. The second-order valence-electron chi connectivity index (χ2n) is 6.84. The van der Waals surface area contributed by atoms with Gasteiger partial charge < -0.3 is 14.4 Å². The molecule has 1 saturated heterocycles. The van der Waals surface area contributed by atoms with E-state index in [0.29, 0.717) is 18.6 Å². The zero-order valence-corrected chi connectivity index (χ0v) is 14.6. The van der Waals surface area contributed by atoms with E-state index in [4.69, 9.17) is 4.42 Å². The maximum Gasteiger partial charge on any atom is 0.223 e. The molecule has 1 amide bonds. The van der Waals surface area contributed by atoms with Crippen LogP contribution in [-0.2, 0) is 11.2 Å². The molecule has 0 aliphatic carbocycles. The van der Waals surface area contributed by atoms with E-state index in [9.17, 15) is 9.90 Å². The Morgan fingerprint density at radius 2 is 2.00 bits per heavy atom. The van der Waals surface area contributed by atoms with Gasteiger partial charge in [-0.15, -0.1) is 0 Å². The van der Waals surface area contributed by atoms with Gasteiger partial charge in [-0.1, -0.05) is 43.2 Å². The summed E-state index contributed by atoms with van der Waals surface area (Å²) in [5, 5.41) is 10.4. The standard InChI is InChI=1S/C21H27NO3/c23-19(20-11-7-15-25-20)16-18-10-5-2-6-14-22(18)21(24)13-12-17-8-3-1-4-9-17/h1,3-4,7-9,11,15,18-19,23H,2,5-6,10,12-14,16H2. The lowest BCUT2D eigenvalue weighted by Crippen LogP contribution is -2.41. The van der Waals surface area contributed by atoms with Crippen molar-refractivity contribution in [2.24, 2.45) is 0 Å².